The van der Waals surface area contributed by atoms with Gasteiger partial charge in [-0.25, -0.2) is 0 Å². The van der Waals surface area contributed by atoms with Gasteiger partial charge >= 0.3 is 0 Å². The number of hydrogen-bond acceptors (Lipinski definition) is 2. The zero-order valence-electron chi connectivity index (χ0n) is 10.9. The Kier molecular flexibility index (Phi) is 4.19. The molecule has 0 spiro atoms. The zero-order valence-corrected chi connectivity index (χ0v) is 10.9. The summed E-state index contributed by atoms with van der Waals surface area (Å²) in [5.41, 5.74) is 3.99. The Labute approximate surface area is 104 Å². The van der Waals surface area contributed by atoms with Crippen LogP contribution < -0.4 is 5.32 Å². The van der Waals surface area contributed by atoms with Crippen molar-refractivity contribution in [2.45, 2.75) is 58.2 Å². The summed E-state index contributed by atoms with van der Waals surface area (Å²) in [6.45, 7) is 5.14. The topological polar surface area (TPSA) is 32.3 Å². The van der Waals surface area contributed by atoms with Crippen LogP contribution in [0.1, 0.15) is 42.4 Å². The highest BCUT2D eigenvalue weighted by Gasteiger charge is 2.22. The monoisotopic (exact) mass is 233 g/mol. The van der Waals surface area contributed by atoms with Crippen LogP contribution >= 0.6 is 0 Å². The number of nitrogens with one attached hydrogen (secondary N) is 1. The van der Waals surface area contributed by atoms with E-state index in [1.54, 1.807) is 0 Å². The van der Waals surface area contributed by atoms with Crippen molar-refractivity contribution >= 4 is 0 Å². The fourth-order valence-electron chi connectivity index (χ4n) is 2.63. The maximum Gasteiger partial charge on any atom is 0.0693 e. The van der Waals surface area contributed by atoms with Gasteiger partial charge in [0.1, 0.15) is 0 Å². The minimum absolute atomic E-state index is 0.158. The summed E-state index contributed by atoms with van der Waals surface area (Å²) in [5.74, 6) is 0. The molecule has 0 heterocycles. The van der Waals surface area contributed by atoms with Crippen molar-refractivity contribution in [3.8, 4) is 0 Å². The first-order valence-corrected chi connectivity index (χ1v) is 6.64. The molecule has 1 aliphatic carbocycles. The molecule has 2 atom stereocenters. The van der Waals surface area contributed by atoms with E-state index < -0.39 is 0 Å². The van der Waals surface area contributed by atoms with Crippen LogP contribution in [-0.2, 0) is 6.54 Å². The molecule has 1 aromatic carbocycles. The van der Waals surface area contributed by atoms with E-state index in [0.717, 1.165) is 19.4 Å². The third-order valence-corrected chi connectivity index (χ3v) is 3.78. The molecule has 2 nitrogen and oxygen atoms in total. The summed E-state index contributed by atoms with van der Waals surface area (Å²) < 4.78 is 0. The predicted octanol–water partition coefficient (Wildman–Crippen LogP) is 2.70. The third-order valence-electron chi connectivity index (χ3n) is 3.78. The van der Waals surface area contributed by atoms with Gasteiger partial charge in [-0.2, -0.15) is 0 Å². The smallest absolute Gasteiger partial charge is 0.0693 e. The van der Waals surface area contributed by atoms with Gasteiger partial charge in [0.25, 0.3) is 0 Å². The fourth-order valence-corrected chi connectivity index (χ4v) is 2.63. The van der Waals surface area contributed by atoms with Crippen LogP contribution in [0.2, 0.25) is 0 Å². The summed E-state index contributed by atoms with van der Waals surface area (Å²) in [7, 11) is 0. The quantitative estimate of drug-likeness (QED) is 0.841. The minimum atomic E-state index is -0.158. The number of rotatable bonds is 3. The summed E-state index contributed by atoms with van der Waals surface area (Å²) in [6.07, 6.45) is 4.30. The van der Waals surface area contributed by atoms with Crippen LogP contribution in [0.3, 0.4) is 0 Å². The van der Waals surface area contributed by atoms with Crippen LogP contribution in [0.15, 0.2) is 18.2 Å². The molecule has 0 saturated heterocycles. The lowest BCUT2D eigenvalue weighted by molar-refractivity contribution is 0.0902. The Balaban J connectivity index is 1.92. The number of aliphatic hydroxyl groups excluding tert-OH is 1. The van der Waals surface area contributed by atoms with Gasteiger partial charge < -0.3 is 10.4 Å². The summed E-state index contributed by atoms with van der Waals surface area (Å²) in [4.78, 5) is 0. The number of aliphatic hydroxyl groups is 1. The zero-order chi connectivity index (χ0) is 12.3. The largest absolute Gasteiger partial charge is 0.392 e. The molecule has 0 radical (unpaired) electrons. The molecule has 2 N–H and O–H groups in total. The maximum absolute atomic E-state index is 9.90. The number of benzene rings is 1. The summed E-state index contributed by atoms with van der Waals surface area (Å²) in [6, 6.07) is 6.84. The van der Waals surface area contributed by atoms with Gasteiger partial charge in [0, 0.05) is 12.6 Å². The first-order valence-electron chi connectivity index (χ1n) is 6.64. The lowest BCUT2D eigenvalue weighted by Gasteiger charge is -2.28. The highest BCUT2D eigenvalue weighted by atomic mass is 16.3. The molecule has 1 aromatic rings. The SMILES string of the molecule is Cc1ccc(CN[C@@H]2CCCC[C@@H]2O)c(C)c1. The second kappa shape index (κ2) is 5.65. The van der Waals surface area contributed by atoms with E-state index in [9.17, 15) is 5.11 Å². The van der Waals surface area contributed by atoms with E-state index in [1.807, 2.05) is 0 Å². The van der Waals surface area contributed by atoms with E-state index in [0.29, 0.717) is 0 Å². The van der Waals surface area contributed by atoms with Crippen LogP contribution in [0.5, 0.6) is 0 Å². The van der Waals surface area contributed by atoms with E-state index in [1.165, 1.54) is 29.5 Å². The van der Waals surface area contributed by atoms with Crippen molar-refractivity contribution in [3.05, 3.63) is 34.9 Å². The Bertz CT molecular complexity index is 375. The molecular weight excluding hydrogens is 210 g/mol. The molecule has 0 bridgehead atoms. The van der Waals surface area contributed by atoms with Gasteiger partial charge in [0.05, 0.1) is 6.10 Å². The average Bonchev–Trinajstić information content (AvgIpc) is 2.30. The Morgan fingerprint density at radius 2 is 2.00 bits per heavy atom. The standard InChI is InChI=1S/C15H23NO/c1-11-7-8-13(12(2)9-11)10-16-14-5-3-4-6-15(14)17/h7-9,14-17H,3-6,10H2,1-2H3/t14-,15+/m1/s1. The first-order chi connectivity index (χ1) is 8.16. The Hall–Kier alpha value is -0.860. The van der Waals surface area contributed by atoms with Crippen molar-refractivity contribution < 1.29 is 5.11 Å². The molecule has 2 heteroatoms. The molecule has 2 rings (SSSR count). The second-order valence-electron chi connectivity index (χ2n) is 5.27. The Morgan fingerprint density at radius 3 is 2.71 bits per heavy atom. The van der Waals surface area contributed by atoms with Gasteiger partial charge in [-0.15, -0.1) is 0 Å². The molecule has 1 saturated carbocycles. The predicted molar refractivity (Wildman–Crippen MR) is 71.0 cm³/mol. The van der Waals surface area contributed by atoms with Gasteiger partial charge in [-0.05, 0) is 37.8 Å². The molecule has 17 heavy (non-hydrogen) atoms. The highest BCUT2D eigenvalue weighted by Crippen LogP contribution is 2.19. The van der Waals surface area contributed by atoms with Gasteiger partial charge in [0.15, 0.2) is 0 Å². The van der Waals surface area contributed by atoms with Crippen LogP contribution in [0.25, 0.3) is 0 Å². The Morgan fingerprint density at radius 1 is 1.24 bits per heavy atom. The van der Waals surface area contributed by atoms with Crippen LogP contribution in [0.4, 0.5) is 0 Å². The van der Waals surface area contributed by atoms with Crippen molar-refractivity contribution in [2.24, 2.45) is 0 Å². The van der Waals surface area contributed by atoms with E-state index in [-0.39, 0.29) is 12.1 Å². The summed E-state index contributed by atoms with van der Waals surface area (Å²) in [5, 5.41) is 13.4. The molecule has 0 aliphatic heterocycles. The van der Waals surface area contributed by atoms with Crippen molar-refractivity contribution in [3.63, 3.8) is 0 Å². The molecule has 0 amide bonds. The normalized spacial score (nSPS) is 24.9. The van der Waals surface area contributed by atoms with Crippen LogP contribution in [0, 0.1) is 13.8 Å². The molecule has 1 aliphatic rings. The van der Waals surface area contributed by atoms with Crippen molar-refractivity contribution in [1.29, 1.82) is 0 Å². The lowest BCUT2D eigenvalue weighted by atomic mass is 9.92. The third kappa shape index (κ3) is 3.30. The highest BCUT2D eigenvalue weighted by molar-refractivity contribution is 5.30. The number of aryl methyl sites for hydroxylation is 2. The fraction of sp³-hybridized carbons (Fsp3) is 0.600. The molecule has 94 valence electrons. The minimum Gasteiger partial charge on any atom is -0.392 e. The van der Waals surface area contributed by atoms with E-state index >= 15 is 0 Å². The van der Waals surface area contributed by atoms with Gasteiger partial charge in [0.2, 0.25) is 0 Å². The van der Waals surface area contributed by atoms with Crippen molar-refractivity contribution in [2.75, 3.05) is 0 Å². The maximum atomic E-state index is 9.90. The second-order valence-corrected chi connectivity index (χ2v) is 5.27. The van der Waals surface area contributed by atoms with E-state index in [4.69, 9.17) is 0 Å². The van der Waals surface area contributed by atoms with Gasteiger partial charge in [-0.3, -0.25) is 0 Å². The molecule has 0 aromatic heterocycles. The van der Waals surface area contributed by atoms with E-state index in [2.05, 4.69) is 37.4 Å². The van der Waals surface area contributed by atoms with Gasteiger partial charge in [-0.1, -0.05) is 36.6 Å². The number of hydrogen-bond donors (Lipinski definition) is 2. The first kappa shape index (κ1) is 12.6. The average molecular weight is 233 g/mol. The lowest BCUT2D eigenvalue weighted by Crippen LogP contribution is -2.41. The van der Waals surface area contributed by atoms with Crippen molar-refractivity contribution in [1.82, 2.24) is 5.32 Å². The molecule has 1 fully saturated rings. The van der Waals surface area contributed by atoms with Crippen LogP contribution in [-0.4, -0.2) is 17.3 Å². The molecule has 0 unspecified atom stereocenters. The molecular formula is C15H23NO. The summed E-state index contributed by atoms with van der Waals surface area (Å²) >= 11 is 0.